The van der Waals surface area contributed by atoms with Crippen LogP contribution in [0, 0.1) is 11.8 Å². The molecule has 6 nitrogen and oxygen atoms in total. The van der Waals surface area contributed by atoms with Crippen molar-refractivity contribution < 1.29 is 14.3 Å². The lowest BCUT2D eigenvalue weighted by Gasteiger charge is -2.17. The third-order valence-electron chi connectivity index (χ3n) is 3.79. The second-order valence-electron chi connectivity index (χ2n) is 7.05. The molecule has 2 atom stereocenters. The molecule has 0 saturated carbocycles. The third kappa shape index (κ3) is 8.54. The number of carbonyl (C=O) groups excluding carboxylic acids is 2. The Hall–Kier alpha value is -1.79. The van der Waals surface area contributed by atoms with E-state index in [-0.39, 0.29) is 42.7 Å². The highest BCUT2D eigenvalue weighted by Crippen LogP contribution is 2.18. The van der Waals surface area contributed by atoms with Gasteiger partial charge in [0.1, 0.15) is 5.75 Å². The number of rotatable bonds is 9. The van der Waals surface area contributed by atoms with Crippen LogP contribution in [-0.2, 0) is 9.59 Å². The quantitative estimate of drug-likeness (QED) is 0.608. The first-order valence-electron chi connectivity index (χ1n) is 8.76. The minimum atomic E-state index is -0.608. The normalized spacial score (nSPS) is 12.9. The molecule has 1 aromatic rings. The van der Waals surface area contributed by atoms with Crippen molar-refractivity contribution in [2.24, 2.45) is 17.6 Å². The Balaban J connectivity index is 0.00000625. The highest BCUT2D eigenvalue weighted by molar-refractivity contribution is 5.87. The molecule has 0 aliphatic rings. The molecule has 148 valence electrons. The number of carbonyl (C=O) groups is 2. The maximum absolute atomic E-state index is 12.0. The number of ether oxygens (including phenoxy) is 1. The van der Waals surface area contributed by atoms with Crippen molar-refractivity contribution in [3.63, 3.8) is 0 Å². The van der Waals surface area contributed by atoms with Crippen molar-refractivity contribution in [2.75, 3.05) is 13.2 Å². The van der Waals surface area contributed by atoms with Gasteiger partial charge in [-0.1, -0.05) is 39.8 Å². The summed E-state index contributed by atoms with van der Waals surface area (Å²) in [6.45, 7) is 10.4. The van der Waals surface area contributed by atoms with Gasteiger partial charge in [0.2, 0.25) is 11.8 Å². The Morgan fingerprint density at radius 1 is 1.08 bits per heavy atom. The molecule has 1 rings (SSSR count). The summed E-state index contributed by atoms with van der Waals surface area (Å²) in [5, 5.41) is 5.41. The minimum absolute atomic E-state index is 0. The first-order valence-corrected chi connectivity index (χ1v) is 8.76. The largest absolute Gasteiger partial charge is 0.493 e. The molecular weight excluding hydrogens is 354 g/mol. The molecule has 0 aliphatic heterocycles. The van der Waals surface area contributed by atoms with Crippen LogP contribution in [0.15, 0.2) is 24.3 Å². The van der Waals surface area contributed by atoms with E-state index >= 15 is 0 Å². The van der Waals surface area contributed by atoms with Crippen LogP contribution in [0.4, 0.5) is 0 Å². The second-order valence-corrected chi connectivity index (χ2v) is 7.05. The van der Waals surface area contributed by atoms with E-state index in [4.69, 9.17) is 10.5 Å². The van der Waals surface area contributed by atoms with Crippen LogP contribution in [0.3, 0.4) is 0 Å². The van der Waals surface area contributed by atoms with Gasteiger partial charge in [-0.05, 0) is 36.5 Å². The molecule has 0 bridgehead atoms. The highest BCUT2D eigenvalue weighted by atomic mass is 35.5. The van der Waals surface area contributed by atoms with Gasteiger partial charge in [-0.2, -0.15) is 0 Å². The van der Waals surface area contributed by atoms with Gasteiger partial charge >= 0.3 is 0 Å². The SMILES string of the molecule is CC(C)COc1ccc(C(C)NC(=O)CNC(=O)[C@@H](N)C(C)C)cc1.Cl. The van der Waals surface area contributed by atoms with Crippen LogP contribution >= 0.6 is 12.4 Å². The summed E-state index contributed by atoms with van der Waals surface area (Å²) in [5.74, 6) is 0.739. The molecule has 0 heterocycles. The van der Waals surface area contributed by atoms with Crippen molar-refractivity contribution in [3.8, 4) is 5.75 Å². The van der Waals surface area contributed by atoms with E-state index in [9.17, 15) is 9.59 Å². The summed E-state index contributed by atoms with van der Waals surface area (Å²) in [5.41, 5.74) is 6.71. The zero-order valence-electron chi connectivity index (χ0n) is 16.2. The lowest BCUT2D eigenvalue weighted by atomic mass is 10.1. The van der Waals surface area contributed by atoms with E-state index in [1.165, 1.54) is 0 Å². The van der Waals surface area contributed by atoms with Crippen LogP contribution in [-0.4, -0.2) is 31.0 Å². The first kappa shape index (κ1) is 24.2. The summed E-state index contributed by atoms with van der Waals surface area (Å²) in [6.07, 6.45) is 0. The Labute approximate surface area is 162 Å². The van der Waals surface area contributed by atoms with E-state index < -0.39 is 6.04 Å². The number of hydrogen-bond donors (Lipinski definition) is 3. The average Bonchev–Trinajstić information content (AvgIpc) is 2.57. The van der Waals surface area contributed by atoms with Gasteiger partial charge in [-0.25, -0.2) is 0 Å². The molecule has 0 aromatic heterocycles. The molecule has 1 unspecified atom stereocenters. The molecule has 0 aliphatic carbocycles. The summed E-state index contributed by atoms with van der Waals surface area (Å²) in [6, 6.07) is 6.86. The standard InChI is InChI=1S/C19H31N3O3.ClH/c1-12(2)11-25-16-8-6-15(7-9-16)14(5)22-17(23)10-21-19(24)18(20)13(3)4;/h6-9,12-14,18H,10-11,20H2,1-5H3,(H,21,24)(H,22,23);1H/t14?,18-;/m0./s1. The molecule has 2 amide bonds. The smallest absolute Gasteiger partial charge is 0.239 e. The Bertz CT molecular complexity index is 562. The topological polar surface area (TPSA) is 93.5 Å². The molecule has 0 spiro atoms. The highest BCUT2D eigenvalue weighted by Gasteiger charge is 2.18. The third-order valence-corrected chi connectivity index (χ3v) is 3.79. The summed E-state index contributed by atoms with van der Waals surface area (Å²) in [7, 11) is 0. The van der Waals surface area contributed by atoms with Gasteiger partial charge in [-0.3, -0.25) is 9.59 Å². The molecule has 0 fully saturated rings. The summed E-state index contributed by atoms with van der Waals surface area (Å²) in [4.78, 5) is 23.7. The van der Waals surface area contributed by atoms with Gasteiger partial charge in [0.15, 0.2) is 0 Å². The van der Waals surface area contributed by atoms with Gasteiger partial charge in [-0.15, -0.1) is 12.4 Å². The lowest BCUT2D eigenvalue weighted by Crippen LogP contribution is -2.47. The van der Waals surface area contributed by atoms with E-state index in [0.29, 0.717) is 12.5 Å². The summed E-state index contributed by atoms with van der Waals surface area (Å²) >= 11 is 0. The minimum Gasteiger partial charge on any atom is -0.493 e. The monoisotopic (exact) mass is 385 g/mol. The number of nitrogens with one attached hydrogen (secondary N) is 2. The second kappa shape index (κ2) is 11.8. The van der Waals surface area contributed by atoms with Crippen molar-refractivity contribution >= 4 is 24.2 Å². The van der Waals surface area contributed by atoms with Crippen LogP contribution < -0.4 is 21.1 Å². The number of halogens is 1. The van der Waals surface area contributed by atoms with Crippen molar-refractivity contribution in [2.45, 2.75) is 46.7 Å². The zero-order chi connectivity index (χ0) is 19.0. The number of benzene rings is 1. The fourth-order valence-electron chi connectivity index (χ4n) is 2.08. The van der Waals surface area contributed by atoms with E-state index in [1.54, 1.807) is 0 Å². The van der Waals surface area contributed by atoms with Crippen LogP contribution in [0.1, 0.15) is 46.2 Å². The van der Waals surface area contributed by atoms with E-state index in [1.807, 2.05) is 45.0 Å². The molecule has 26 heavy (non-hydrogen) atoms. The lowest BCUT2D eigenvalue weighted by molar-refractivity contribution is -0.127. The Morgan fingerprint density at radius 3 is 2.15 bits per heavy atom. The van der Waals surface area contributed by atoms with Crippen molar-refractivity contribution in [3.05, 3.63) is 29.8 Å². The van der Waals surface area contributed by atoms with Gasteiger partial charge in [0.05, 0.1) is 25.2 Å². The maximum atomic E-state index is 12.0. The molecule has 7 heteroatoms. The van der Waals surface area contributed by atoms with Crippen molar-refractivity contribution in [1.29, 1.82) is 0 Å². The number of amides is 2. The predicted molar refractivity (Wildman–Crippen MR) is 106 cm³/mol. The molecule has 1 aromatic carbocycles. The van der Waals surface area contributed by atoms with E-state index in [0.717, 1.165) is 11.3 Å². The first-order chi connectivity index (χ1) is 11.7. The predicted octanol–water partition coefficient (Wildman–Crippen LogP) is 2.42. The van der Waals surface area contributed by atoms with Crippen molar-refractivity contribution in [1.82, 2.24) is 10.6 Å². The van der Waals surface area contributed by atoms with E-state index in [2.05, 4.69) is 24.5 Å². The molecule has 4 N–H and O–H groups in total. The fraction of sp³-hybridized carbons (Fsp3) is 0.579. The van der Waals surface area contributed by atoms with Gasteiger partial charge in [0, 0.05) is 0 Å². The van der Waals surface area contributed by atoms with Crippen LogP contribution in [0.2, 0.25) is 0 Å². The average molecular weight is 386 g/mol. The zero-order valence-corrected chi connectivity index (χ0v) is 17.1. The summed E-state index contributed by atoms with van der Waals surface area (Å²) < 4.78 is 5.64. The number of nitrogens with two attached hydrogens (primary N) is 1. The molecular formula is C19H32ClN3O3. The van der Waals surface area contributed by atoms with Crippen LogP contribution in [0.25, 0.3) is 0 Å². The van der Waals surface area contributed by atoms with Gasteiger partial charge in [0.25, 0.3) is 0 Å². The maximum Gasteiger partial charge on any atom is 0.239 e. The van der Waals surface area contributed by atoms with Gasteiger partial charge < -0.3 is 21.1 Å². The molecule has 0 saturated heterocycles. The molecule has 0 radical (unpaired) electrons. The Morgan fingerprint density at radius 2 is 1.65 bits per heavy atom. The Kier molecular flexibility index (Phi) is 10.9. The fourth-order valence-corrected chi connectivity index (χ4v) is 2.08. The number of hydrogen-bond acceptors (Lipinski definition) is 4. The van der Waals surface area contributed by atoms with Crippen LogP contribution in [0.5, 0.6) is 5.75 Å².